The summed E-state index contributed by atoms with van der Waals surface area (Å²) in [6.07, 6.45) is 11.4. The van der Waals surface area contributed by atoms with Gasteiger partial charge in [0.1, 0.15) is 0 Å². The van der Waals surface area contributed by atoms with Crippen LogP contribution in [0.15, 0.2) is 42.5 Å². The summed E-state index contributed by atoms with van der Waals surface area (Å²) in [5, 5.41) is 0. The van der Waals surface area contributed by atoms with E-state index in [0.29, 0.717) is 12.8 Å². The number of nitrogens with zero attached hydrogens (tertiary/aromatic N) is 1. The molecule has 30 heavy (non-hydrogen) atoms. The smallest absolute Gasteiger partial charge is 0.305 e. The first-order valence-electron chi connectivity index (χ1n) is 10.9. The molecule has 1 heterocycles. The van der Waals surface area contributed by atoms with Crippen LogP contribution in [0.5, 0.6) is 0 Å². The highest BCUT2D eigenvalue weighted by molar-refractivity contribution is 5.79. The summed E-state index contributed by atoms with van der Waals surface area (Å²) >= 11 is 0. The Balaban J connectivity index is 1.68. The van der Waals surface area contributed by atoms with Crippen molar-refractivity contribution in [3.05, 3.63) is 48.0 Å². The maximum absolute atomic E-state index is 12.2. The van der Waals surface area contributed by atoms with E-state index in [0.717, 1.165) is 57.1 Å². The van der Waals surface area contributed by atoms with Crippen molar-refractivity contribution in [1.29, 1.82) is 0 Å². The van der Waals surface area contributed by atoms with Crippen LogP contribution in [-0.4, -0.2) is 42.5 Å². The van der Waals surface area contributed by atoms with E-state index in [4.69, 9.17) is 5.73 Å². The molecule has 162 valence electrons. The molecule has 0 aliphatic carbocycles. The largest absolute Gasteiger partial charge is 0.469 e. The minimum absolute atomic E-state index is 0.0500. The van der Waals surface area contributed by atoms with Gasteiger partial charge in [-0.05, 0) is 37.8 Å². The van der Waals surface area contributed by atoms with E-state index in [1.165, 1.54) is 7.11 Å². The summed E-state index contributed by atoms with van der Waals surface area (Å²) in [7, 11) is 1.42. The van der Waals surface area contributed by atoms with Gasteiger partial charge in [0.15, 0.2) is 0 Å². The zero-order valence-corrected chi connectivity index (χ0v) is 18.0. The maximum atomic E-state index is 12.2. The van der Waals surface area contributed by atoms with Gasteiger partial charge in [-0.15, -0.1) is 0 Å². The SMILES string of the molecule is COC(=O)CCCCCCN1C(=O)CCC1C=CC(N)CCC#Cc1ccccc1. The summed E-state index contributed by atoms with van der Waals surface area (Å²) in [6.45, 7) is 0.768. The Morgan fingerprint density at radius 3 is 2.80 bits per heavy atom. The topological polar surface area (TPSA) is 72.6 Å². The zero-order chi connectivity index (χ0) is 21.6. The molecular formula is C25H34N2O3. The quantitative estimate of drug-likeness (QED) is 0.261. The van der Waals surface area contributed by atoms with E-state index in [1.807, 2.05) is 41.3 Å². The van der Waals surface area contributed by atoms with Crippen molar-refractivity contribution in [2.24, 2.45) is 5.73 Å². The molecule has 5 heteroatoms. The van der Waals surface area contributed by atoms with Crippen molar-refractivity contribution in [2.75, 3.05) is 13.7 Å². The third-order valence-electron chi connectivity index (χ3n) is 5.32. The van der Waals surface area contributed by atoms with Crippen molar-refractivity contribution < 1.29 is 14.3 Å². The molecule has 5 nitrogen and oxygen atoms in total. The van der Waals surface area contributed by atoms with Crippen molar-refractivity contribution >= 4 is 11.9 Å². The van der Waals surface area contributed by atoms with Gasteiger partial charge in [0.2, 0.25) is 5.91 Å². The molecule has 1 aliphatic heterocycles. The molecule has 1 aromatic carbocycles. The second kappa shape index (κ2) is 13.6. The van der Waals surface area contributed by atoms with Crippen molar-refractivity contribution in [3.8, 4) is 11.8 Å². The van der Waals surface area contributed by atoms with E-state index in [-0.39, 0.29) is 24.0 Å². The number of rotatable bonds is 11. The lowest BCUT2D eigenvalue weighted by Gasteiger charge is -2.22. The summed E-state index contributed by atoms with van der Waals surface area (Å²) in [4.78, 5) is 25.3. The van der Waals surface area contributed by atoms with Crippen LogP contribution in [0.4, 0.5) is 0 Å². The third kappa shape index (κ3) is 8.84. The fourth-order valence-corrected chi connectivity index (χ4v) is 3.55. The minimum Gasteiger partial charge on any atom is -0.469 e. The first-order chi connectivity index (χ1) is 14.6. The molecular weight excluding hydrogens is 376 g/mol. The number of hydrogen-bond donors (Lipinski definition) is 1. The first kappa shape index (κ1) is 23.7. The van der Waals surface area contributed by atoms with Crippen molar-refractivity contribution in [1.82, 2.24) is 4.90 Å². The summed E-state index contributed by atoms with van der Waals surface area (Å²) in [6, 6.07) is 10.0. The minimum atomic E-state index is -0.155. The average Bonchev–Trinajstić information content (AvgIpc) is 3.12. The van der Waals surface area contributed by atoms with Crippen LogP contribution < -0.4 is 5.73 Å². The first-order valence-corrected chi connectivity index (χ1v) is 10.9. The van der Waals surface area contributed by atoms with Gasteiger partial charge in [-0.2, -0.15) is 0 Å². The molecule has 0 aromatic heterocycles. The van der Waals surface area contributed by atoms with Gasteiger partial charge in [0.25, 0.3) is 0 Å². The number of carbonyl (C=O) groups is 2. The lowest BCUT2D eigenvalue weighted by atomic mass is 10.1. The van der Waals surface area contributed by atoms with E-state index >= 15 is 0 Å². The van der Waals surface area contributed by atoms with Gasteiger partial charge in [0, 0.05) is 37.4 Å². The maximum Gasteiger partial charge on any atom is 0.305 e. The Morgan fingerprint density at radius 1 is 1.27 bits per heavy atom. The van der Waals surface area contributed by atoms with Gasteiger partial charge in [-0.1, -0.05) is 55.0 Å². The highest BCUT2D eigenvalue weighted by atomic mass is 16.5. The molecule has 0 radical (unpaired) electrons. The number of benzene rings is 1. The van der Waals surface area contributed by atoms with Crippen LogP contribution in [0.3, 0.4) is 0 Å². The number of nitrogens with two attached hydrogens (primary N) is 1. The van der Waals surface area contributed by atoms with Crippen LogP contribution >= 0.6 is 0 Å². The highest BCUT2D eigenvalue weighted by Crippen LogP contribution is 2.21. The monoisotopic (exact) mass is 410 g/mol. The van der Waals surface area contributed by atoms with Crippen LogP contribution in [0.2, 0.25) is 0 Å². The molecule has 2 atom stereocenters. The fraction of sp³-hybridized carbons (Fsp3) is 0.520. The van der Waals surface area contributed by atoms with Gasteiger partial charge >= 0.3 is 5.97 Å². The van der Waals surface area contributed by atoms with Gasteiger partial charge in [-0.3, -0.25) is 9.59 Å². The van der Waals surface area contributed by atoms with Crippen molar-refractivity contribution in [2.45, 2.75) is 69.9 Å². The Labute approximate surface area is 180 Å². The molecule has 2 unspecified atom stereocenters. The molecule has 1 aliphatic rings. The molecule has 0 bridgehead atoms. The van der Waals surface area contributed by atoms with Crippen LogP contribution in [0, 0.1) is 11.8 Å². The Kier molecular flexibility index (Phi) is 10.7. The standard InChI is InChI=1S/C25H34N2O3/c1-30-25(29)15-7-2-3-10-20-27-23(18-19-24(27)28)17-16-22(26)14-9-8-13-21-11-5-4-6-12-21/h4-6,11-12,16-17,22-23H,2-3,7,9-10,14-15,18-20,26H2,1H3. The second-order valence-electron chi connectivity index (χ2n) is 7.69. The molecule has 1 saturated heterocycles. The number of carbonyl (C=O) groups excluding carboxylic acids is 2. The fourth-order valence-electron chi connectivity index (χ4n) is 3.55. The van der Waals surface area contributed by atoms with E-state index in [9.17, 15) is 9.59 Å². The predicted octanol–water partition coefficient (Wildman–Crippen LogP) is 3.82. The van der Waals surface area contributed by atoms with Crippen LogP contribution in [0.25, 0.3) is 0 Å². The molecule has 2 rings (SSSR count). The van der Waals surface area contributed by atoms with E-state index in [2.05, 4.69) is 22.7 Å². The number of methoxy groups -OCH3 is 1. The molecule has 0 saturated carbocycles. The number of amides is 1. The number of unbranched alkanes of at least 4 members (excludes halogenated alkanes) is 3. The summed E-state index contributed by atoms with van der Waals surface area (Å²) in [5.41, 5.74) is 7.23. The van der Waals surface area contributed by atoms with E-state index < -0.39 is 0 Å². The lowest BCUT2D eigenvalue weighted by molar-refractivity contribution is -0.140. The average molecular weight is 411 g/mol. The number of likely N-dealkylation sites (tertiary alicyclic amines) is 1. The number of hydrogen-bond acceptors (Lipinski definition) is 4. The second-order valence-corrected chi connectivity index (χ2v) is 7.69. The van der Waals surface area contributed by atoms with Crippen LogP contribution in [0.1, 0.15) is 63.4 Å². The molecule has 1 fully saturated rings. The van der Waals surface area contributed by atoms with E-state index in [1.54, 1.807) is 0 Å². The normalized spacial score (nSPS) is 17.1. The van der Waals surface area contributed by atoms with Crippen LogP contribution in [-0.2, 0) is 14.3 Å². The molecule has 2 N–H and O–H groups in total. The number of esters is 1. The third-order valence-corrected chi connectivity index (χ3v) is 5.32. The van der Waals surface area contributed by atoms with Gasteiger partial charge < -0.3 is 15.4 Å². The number of ether oxygens (including phenoxy) is 1. The molecule has 1 amide bonds. The zero-order valence-electron chi connectivity index (χ0n) is 18.0. The summed E-state index contributed by atoms with van der Waals surface area (Å²) < 4.78 is 4.65. The van der Waals surface area contributed by atoms with Crippen molar-refractivity contribution in [3.63, 3.8) is 0 Å². The molecule has 1 aromatic rings. The predicted molar refractivity (Wildman–Crippen MR) is 120 cm³/mol. The van der Waals surface area contributed by atoms with Gasteiger partial charge in [0.05, 0.1) is 13.2 Å². The Hall–Kier alpha value is -2.58. The van der Waals surface area contributed by atoms with Gasteiger partial charge in [-0.25, -0.2) is 0 Å². The Morgan fingerprint density at radius 2 is 2.03 bits per heavy atom. The Bertz CT molecular complexity index is 749. The summed E-state index contributed by atoms with van der Waals surface area (Å²) in [5.74, 6) is 6.39. The lowest BCUT2D eigenvalue weighted by Crippen LogP contribution is -2.33. The highest BCUT2D eigenvalue weighted by Gasteiger charge is 2.28. The molecule has 0 spiro atoms.